The van der Waals surface area contributed by atoms with Crippen molar-refractivity contribution in [3.05, 3.63) is 59.2 Å². The van der Waals surface area contributed by atoms with Crippen LogP contribution in [-0.2, 0) is 13.0 Å². The minimum absolute atomic E-state index is 0.0910. The maximum atomic E-state index is 5.89. The number of ether oxygens (including phenoxy) is 2. The van der Waals surface area contributed by atoms with Gasteiger partial charge in [0.25, 0.3) is 0 Å². The Morgan fingerprint density at radius 2 is 2.15 bits per heavy atom. The SMILES string of the molecule is Cc1ccc2c(c1)CC(COc1cccc(CN)c1)O2. The van der Waals surface area contributed by atoms with Crippen LogP contribution in [0.4, 0.5) is 0 Å². The third-order valence-electron chi connectivity index (χ3n) is 3.53. The van der Waals surface area contributed by atoms with Crippen molar-refractivity contribution in [2.45, 2.75) is 26.0 Å². The van der Waals surface area contributed by atoms with E-state index in [2.05, 4.69) is 19.1 Å². The highest BCUT2D eigenvalue weighted by Gasteiger charge is 2.23. The van der Waals surface area contributed by atoms with E-state index in [1.165, 1.54) is 11.1 Å². The molecule has 1 atom stereocenters. The van der Waals surface area contributed by atoms with Crippen molar-refractivity contribution in [2.75, 3.05) is 6.61 Å². The minimum atomic E-state index is 0.0910. The molecule has 2 N–H and O–H groups in total. The number of hydrogen-bond donors (Lipinski definition) is 1. The summed E-state index contributed by atoms with van der Waals surface area (Å²) in [6.07, 6.45) is 1.00. The molecule has 0 aliphatic carbocycles. The first-order valence-corrected chi connectivity index (χ1v) is 6.92. The van der Waals surface area contributed by atoms with Gasteiger partial charge in [0.15, 0.2) is 0 Å². The molecule has 1 aliphatic rings. The van der Waals surface area contributed by atoms with Gasteiger partial charge in [-0.25, -0.2) is 0 Å². The Morgan fingerprint density at radius 3 is 3.00 bits per heavy atom. The van der Waals surface area contributed by atoms with Gasteiger partial charge in [-0.15, -0.1) is 0 Å². The average molecular weight is 269 g/mol. The van der Waals surface area contributed by atoms with Crippen molar-refractivity contribution in [3.8, 4) is 11.5 Å². The number of aryl methyl sites for hydroxylation is 1. The molecule has 2 aromatic rings. The van der Waals surface area contributed by atoms with Crippen LogP contribution < -0.4 is 15.2 Å². The minimum Gasteiger partial charge on any atom is -0.490 e. The molecular weight excluding hydrogens is 250 g/mol. The highest BCUT2D eigenvalue weighted by Crippen LogP contribution is 2.29. The van der Waals surface area contributed by atoms with Crippen LogP contribution in [-0.4, -0.2) is 12.7 Å². The molecule has 0 fully saturated rings. The first kappa shape index (κ1) is 13.0. The topological polar surface area (TPSA) is 44.5 Å². The summed E-state index contributed by atoms with van der Waals surface area (Å²) >= 11 is 0. The summed E-state index contributed by atoms with van der Waals surface area (Å²) in [6, 6.07) is 14.2. The fourth-order valence-electron chi connectivity index (χ4n) is 2.49. The molecule has 2 aromatic carbocycles. The predicted molar refractivity (Wildman–Crippen MR) is 79.1 cm³/mol. The molecule has 0 saturated heterocycles. The Morgan fingerprint density at radius 1 is 1.25 bits per heavy atom. The lowest BCUT2D eigenvalue weighted by atomic mass is 10.1. The van der Waals surface area contributed by atoms with Gasteiger partial charge in [-0.3, -0.25) is 0 Å². The van der Waals surface area contributed by atoms with E-state index in [0.29, 0.717) is 13.2 Å². The van der Waals surface area contributed by atoms with Gasteiger partial charge in [-0.2, -0.15) is 0 Å². The number of rotatable bonds is 4. The zero-order valence-electron chi connectivity index (χ0n) is 11.6. The van der Waals surface area contributed by atoms with Gasteiger partial charge >= 0.3 is 0 Å². The second-order valence-corrected chi connectivity index (χ2v) is 5.22. The van der Waals surface area contributed by atoms with E-state index in [4.69, 9.17) is 15.2 Å². The third-order valence-corrected chi connectivity index (χ3v) is 3.53. The highest BCUT2D eigenvalue weighted by atomic mass is 16.5. The average Bonchev–Trinajstić information content (AvgIpc) is 2.87. The molecule has 3 nitrogen and oxygen atoms in total. The molecule has 1 unspecified atom stereocenters. The second-order valence-electron chi connectivity index (χ2n) is 5.22. The van der Waals surface area contributed by atoms with Crippen LogP contribution >= 0.6 is 0 Å². The van der Waals surface area contributed by atoms with E-state index in [-0.39, 0.29) is 6.10 Å². The van der Waals surface area contributed by atoms with Crippen molar-refractivity contribution in [1.82, 2.24) is 0 Å². The second kappa shape index (κ2) is 5.55. The molecule has 0 saturated carbocycles. The number of hydrogen-bond acceptors (Lipinski definition) is 3. The number of fused-ring (bicyclic) bond motifs is 1. The van der Waals surface area contributed by atoms with E-state index < -0.39 is 0 Å². The zero-order chi connectivity index (χ0) is 13.9. The maximum absolute atomic E-state index is 5.89. The van der Waals surface area contributed by atoms with Crippen molar-refractivity contribution in [2.24, 2.45) is 5.73 Å². The molecule has 0 radical (unpaired) electrons. The Kier molecular flexibility index (Phi) is 3.61. The molecule has 3 heteroatoms. The Hall–Kier alpha value is -2.00. The lowest BCUT2D eigenvalue weighted by Gasteiger charge is -2.13. The van der Waals surface area contributed by atoms with E-state index in [1.807, 2.05) is 30.3 Å². The van der Waals surface area contributed by atoms with Gasteiger partial charge in [-0.05, 0) is 36.2 Å². The van der Waals surface area contributed by atoms with Crippen molar-refractivity contribution < 1.29 is 9.47 Å². The van der Waals surface area contributed by atoms with Gasteiger partial charge < -0.3 is 15.2 Å². The van der Waals surface area contributed by atoms with E-state index in [9.17, 15) is 0 Å². The fraction of sp³-hybridized carbons (Fsp3) is 0.294. The lowest BCUT2D eigenvalue weighted by Crippen LogP contribution is -2.22. The monoisotopic (exact) mass is 269 g/mol. The summed E-state index contributed by atoms with van der Waals surface area (Å²) in [5.41, 5.74) is 9.25. The predicted octanol–water partition coefficient (Wildman–Crippen LogP) is 2.84. The van der Waals surface area contributed by atoms with Crippen molar-refractivity contribution >= 4 is 0 Å². The summed E-state index contributed by atoms with van der Waals surface area (Å²) in [4.78, 5) is 0. The van der Waals surface area contributed by atoms with Crippen LogP contribution in [0.1, 0.15) is 16.7 Å². The molecule has 1 heterocycles. The summed E-state index contributed by atoms with van der Waals surface area (Å²) in [5.74, 6) is 1.84. The van der Waals surface area contributed by atoms with Crippen LogP contribution in [0, 0.1) is 6.92 Å². The van der Waals surface area contributed by atoms with E-state index in [0.717, 1.165) is 23.5 Å². The zero-order valence-corrected chi connectivity index (χ0v) is 11.6. The van der Waals surface area contributed by atoms with Gasteiger partial charge in [0.1, 0.15) is 24.2 Å². The fourth-order valence-corrected chi connectivity index (χ4v) is 2.49. The standard InChI is InChI=1S/C17H19NO2/c1-12-5-6-17-14(7-12)9-16(20-17)11-19-15-4-2-3-13(8-15)10-18/h2-8,16H,9-11,18H2,1H3. The van der Waals surface area contributed by atoms with Crippen molar-refractivity contribution in [3.63, 3.8) is 0 Å². The molecule has 104 valence electrons. The molecule has 3 rings (SSSR count). The molecule has 20 heavy (non-hydrogen) atoms. The van der Waals surface area contributed by atoms with Crippen LogP contribution in [0.5, 0.6) is 11.5 Å². The molecule has 0 amide bonds. The summed E-state index contributed by atoms with van der Waals surface area (Å²) in [5, 5.41) is 0. The van der Waals surface area contributed by atoms with Gasteiger partial charge in [0.05, 0.1) is 0 Å². The molecule has 0 bridgehead atoms. The van der Waals surface area contributed by atoms with Crippen LogP contribution in [0.25, 0.3) is 0 Å². The smallest absolute Gasteiger partial charge is 0.137 e. The summed E-state index contributed by atoms with van der Waals surface area (Å²) in [7, 11) is 0. The third kappa shape index (κ3) is 2.78. The quantitative estimate of drug-likeness (QED) is 0.928. The number of benzene rings is 2. The first-order valence-electron chi connectivity index (χ1n) is 6.92. The molecule has 0 spiro atoms. The van der Waals surface area contributed by atoms with E-state index in [1.54, 1.807) is 0 Å². The number of nitrogens with two attached hydrogens (primary N) is 1. The van der Waals surface area contributed by atoms with Crippen LogP contribution in [0.15, 0.2) is 42.5 Å². The summed E-state index contributed by atoms with van der Waals surface area (Å²) < 4.78 is 11.7. The Balaban J connectivity index is 1.60. The molecular formula is C17H19NO2. The summed E-state index contributed by atoms with van der Waals surface area (Å²) in [6.45, 7) is 3.19. The first-order chi connectivity index (χ1) is 9.74. The normalized spacial score (nSPS) is 16.6. The van der Waals surface area contributed by atoms with Crippen molar-refractivity contribution in [1.29, 1.82) is 0 Å². The lowest BCUT2D eigenvalue weighted by molar-refractivity contribution is 0.148. The maximum Gasteiger partial charge on any atom is 0.137 e. The Bertz CT molecular complexity index is 610. The molecule has 0 aromatic heterocycles. The van der Waals surface area contributed by atoms with Gasteiger partial charge in [0, 0.05) is 13.0 Å². The van der Waals surface area contributed by atoms with Crippen LogP contribution in [0.3, 0.4) is 0 Å². The Labute approximate surface area is 119 Å². The molecule has 1 aliphatic heterocycles. The van der Waals surface area contributed by atoms with Crippen LogP contribution in [0.2, 0.25) is 0 Å². The van der Waals surface area contributed by atoms with Gasteiger partial charge in [0.2, 0.25) is 0 Å². The van der Waals surface area contributed by atoms with Gasteiger partial charge in [-0.1, -0.05) is 29.8 Å². The van der Waals surface area contributed by atoms with E-state index >= 15 is 0 Å². The highest BCUT2D eigenvalue weighted by molar-refractivity contribution is 5.40. The largest absolute Gasteiger partial charge is 0.490 e.